The Morgan fingerprint density at radius 1 is 1.07 bits per heavy atom. The Morgan fingerprint density at radius 3 is 2.56 bits per heavy atom. The molecule has 0 aliphatic heterocycles. The number of carboxylic acids is 1. The lowest BCUT2D eigenvalue weighted by Gasteiger charge is -2.60. The molecule has 4 aliphatic carbocycles. The number of aliphatic carboxylic acids is 1. The van der Waals surface area contributed by atoms with Crippen molar-refractivity contribution >= 4 is 11.8 Å². The molecule has 3 nitrogen and oxygen atoms in total. The van der Waals surface area contributed by atoms with Gasteiger partial charge in [0.2, 0.25) is 0 Å². The lowest BCUT2D eigenvalue weighted by atomic mass is 9.44. The van der Waals surface area contributed by atoms with E-state index in [0.29, 0.717) is 34.4 Å². The molecule has 1 N–H and O–H groups in total. The van der Waals surface area contributed by atoms with E-state index in [-0.39, 0.29) is 0 Å². The first-order valence-corrected chi connectivity index (χ1v) is 11.2. The molecule has 4 fully saturated rings. The number of rotatable bonds is 3. The van der Waals surface area contributed by atoms with Gasteiger partial charge in [-0.1, -0.05) is 26.8 Å². The van der Waals surface area contributed by atoms with Crippen LogP contribution in [0.3, 0.4) is 0 Å². The third-order valence-corrected chi connectivity index (χ3v) is 9.73. The van der Waals surface area contributed by atoms with Crippen LogP contribution in [0, 0.1) is 46.3 Å². The molecule has 4 saturated carbocycles. The minimum absolute atomic E-state index is 0.340. The summed E-state index contributed by atoms with van der Waals surface area (Å²) in [5.74, 6) is 3.64. The van der Waals surface area contributed by atoms with Crippen LogP contribution in [0.2, 0.25) is 0 Å². The maximum atomic E-state index is 12.0. The van der Waals surface area contributed by atoms with E-state index in [1.165, 1.54) is 44.6 Å². The molecule has 0 aromatic heterocycles. The summed E-state index contributed by atoms with van der Waals surface area (Å²) in [4.78, 5) is 23.0. The van der Waals surface area contributed by atoms with Gasteiger partial charge < -0.3 is 5.11 Å². The van der Waals surface area contributed by atoms with Crippen LogP contribution in [0.1, 0.15) is 78.6 Å². The topological polar surface area (TPSA) is 54.4 Å². The maximum absolute atomic E-state index is 12.0. The number of carbonyl (C=O) groups excluding carboxylic acids is 1. The summed E-state index contributed by atoms with van der Waals surface area (Å²) in [6.07, 6.45) is 13.7. The highest BCUT2D eigenvalue weighted by molar-refractivity contribution is 5.80. The lowest BCUT2D eigenvalue weighted by Crippen LogP contribution is -2.53. The zero-order valence-corrected chi connectivity index (χ0v) is 17.2. The Bertz CT molecular complexity index is 652. The molecule has 0 saturated heterocycles. The van der Waals surface area contributed by atoms with Crippen molar-refractivity contribution < 1.29 is 14.7 Å². The molecule has 0 heterocycles. The van der Waals surface area contributed by atoms with Crippen LogP contribution in [0.5, 0.6) is 0 Å². The molecule has 0 spiro atoms. The smallest absolute Gasteiger partial charge is 0.327 e. The Balaban J connectivity index is 1.55. The van der Waals surface area contributed by atoms with Crippen LogP contribution in [-0.2, 0) is 9.59 Å². The number of ketones is 1. The van der Waals surface area contributed by atoms with Gasteiger partial charge in [0.1, 0.15) is 5.78 Å². The van der Waals surface area contributed by atoms with Crippen LogP contribution in [0.15, 0.2) is 12.2 Å². The van der Waals surface area contributed by atoms with Gasteiger partial charge in [-0.2, -0.15) is 0 Å². The van der Waals surface area contributed by atoms with E-state index < -0.39 is 5.97 Å². The van der Waals surface area contributed by atoms with E-state index in [2.05, 4.69) is 20.8 Å². The second-order valence-electron chi connectivity index (χ2n) is 10.7. The summed E-state index contributed by atoms with van der Waals surface area (Å²) in [5.41, 5.74) is 0.738. The Hall–Kier alpha value is -1.12. The zero-order chi connectivity index (χ0) is 19.4. The first-order valence-electron chi connectivity index (χ1n) is 11.2. The molecule has 0 aromatic rings. The molecule has 4 rings (SSSR count). The molecule has 0 amide bonds. The van der Waals surface area contributed by atoms with E-state index >= 15 is 0 Å². The van der Waals surface area contributed by atoms with Gasteiger partial charge in [0.05, 0.1) is 0 Å². The van der Waals surface area contributed by atoms with Crippen molar-refractivity contribution in [2.75, 3.05) is 0 Å². The van der Waals surface area contributed by atoms with Crippen LogP contribution in [0.25, 0.3) is 0 Å². The minimum Gasteiger partial charge on any atom is -0.478 e. The molecule has 8 atom stereocenters. The van der Waals surface area contributed by atoms with Gasteiger partial charge >= 0.3 is 5.97 Å². The van der Waals surface area contributed by atoms with Crippen molar-refractivity contribution in [3.05, 3.63) is 12.2 Å². The van der Waals surface area contributed by atoms with Crippen molar-refractivity contribution in [1.29, 1.82) is 0 Å². The quantitative estimate of drug-likeness (QED) is 0.666. The second kappa shape index (κ2) is 6.74. The van der Waals surface area contributed by atoms with Gasteiger partial charge in [0.15, 0.2) is 0 Å². The van der Waals surface area contributed by atoms with Gasteiger partial charge in [-0.15, -0.1) is 0 Å². The minimum atomic E-state index is -0.830. The summed E-state index contributed by atoms with van der Waals surface area (Å²) >= 11 is 0. The largest absolute Gasteiger partial charge is 0.478 e. The SMILES string of the molecule is C[C@H](/C=C/C(=O)O)[C@H]1CCC2[C@@H]3CC[C@@H]4CC(=O)CC[C@]4(C)C3CC[C@@]21C. The fourth-order valence-corrected chi connectivity index (χ4v) is 8.32. The van der Waals surface area contributed by atoms with Gasteiger partial charge in [-0.05, 0) is 91.3 Å². The summed E-state index contributed by atoms with van der Waals surface area (Å²) in [6, 6.07) is 0. The number of carboxylic acid groups (broad SMARTS) is 1. The van der Waals surface area contributed by atoms with E-state index in [1.54, 1.807) is 0 Å². The molecule has 150 valence electrons. The van der Waals surface area contributed by atoms with Gasteiger partial charge in [0, 0.05) is 18.9 Å². The fourth-order valence-electron chi connectivity index (χ4n) is 8.32. The summed E-state index contributed by atoms with van der Waals surface area (Å²) in [6.45, 7) is 7.23. The standard InChI is InChI=1S/C24H36O3/c1-15(4-9-22(26)27)19-7-8-20-18-6-5-16-14-17(25)10-12-23(16,2)21(18)11-13-24(19,20)3/h4,9,15-16,18-21H,5-8,10-14H2,1-3H3,(H,26,27)/b9-4+/t15-,16-,18+,19-,20?,21?,23+,24-/m1/s1. The van der Waals surface area contributed by atoms with Crippen LogP contribution in [-0.4, -0.2) is 16.9 Å². The van der Waals surface area contributed by atoms with Crippen LogP contribution < -0.4 is 0 Å². The predicted octanol–water partition coefficient (Wildman–Crippen LogP) is 5.49. The number of Topliss-reactive ketones (excluding diaryl/α,β-unsaturated/α-hetero) is 1. The number of fused-ring (bicyclic) bond motifs is 5. The number of hydrogen-bond acceptors (Lipinski definition) is 2. The van der Waals surface area contributed by atoms with Crippen LogP contribution >= 0.6 is 0 Å². The monoisotopic (exact) mass is 372 g/mol. The molecule has 0 aromatic carbocycles. The number of allylic oxidation sites excluding steroid dienone is 1. The zero-order valence-electron chi connectivity index (χ0n) is 17.2. The van der Waals surface area contributed by atoms with Crippen molar-refractivity contribution in [2.24, 2.45) is 46.3 Å². The van der Waals surface area contributed by atoms with Crippen molar-refractivity contribution in [2.45, 2.75) is 78.6 Å². The fraction of sp³-hybridized carbons (Fsp3) is 0.833. The molecule has 0 bridgehead atoms. The predicted molar refractivity (Wildman–Crippen MR) is 106 cm³/mol. The highest BCUT2D eigenvalue weighted by Gasteiger charge is 2.60. The van der Waals surface area contributed by atoms with Crippen molar-refractivity contribution in [1.82, 2.24) is 0 Å². The molecule has 27 heavy (non-hydrogen) atoms. The lowest BCUT2D eigenvalue weighted by molar-refractivity contribution is -0.140. The molecule has 0 radical (unpaired) electrons. The summed E-state index contributed by atoms with van der Waals surface area (Å²) in [5, 5.41) is 9.00. The normalized spacial score (nSPS) is 48.0. The Morgan fingerprint density at radius 2 is 1.81 bits per heavy atom. The van der Waals surface area contributed by atoms with E-state index in [1.807, 2.05) is 6.08 Å². The van der Waals surface area contributed by atoms with Gasteiger partial charge in [-0.25, -0.2) is 4.79 Å². The van der Waals surface area contributed by atoms with Gasteiger partial charge in [-0.3, -0.25) is 4.79 Å². The highest BCUT2D eigenvalue weighted by atomic mass is 16.4. The average Bonchev–Trinajstić information content (AvgIpc) is 2.97. The highest BCUT2D eigenvalue weighted by Crippen LogP contribution is 2.68. The van der Waals surface area contributed by atoms with Crippen molar-refractivity contribution in [3.8, 4) is 0 Å². The first kappa shape index (κ1) is 19.2. The molecule has 4 aliphatic rings. The maximum Gasteiger partial charge on any atom is 0.327 e. The molecule has 2 unspecified atom stereocenters. The van der Waals surface area contributed by atoms with E-state index in [9.17, 15) is 9.59 Å². The number of hydrogen-bond donors (Lipinski definition) is 1. The Labute approximate surface area is 164 Å². The second-order valence-corrected chi connectivity index (χ2v) is 10.7. The molecule has 3 heteroatoms. The summed E-state index contributed by atoms with van der Waals surface area (Å²) < 4.78 is 0. The first-order chi connectivity index (χ1) is 12.8. The van der Waals surface area contributed by atoms with E-state index in [0.717, 1.165) is 37.0 Å². The molecular formula is C24H36O3. The summed E-state index contributed by atoms with van der Waals surface area (Å²) in [7, 11) is 0. The average molecular weight is 373 g/mol. The van der Waals surface area contributed by atoms with Crippen molar-refractivity contribution in [3.63, 3.8) is 0 Å². The molecular weight excluding hydrogens is 336 g/mol. The number of carbonyl (C=O) groups is 2. The van der Waals surface area contributed by atoms with Gasteiger partial charge in [0.25, 0.3) is 0 Å². The third kappa shape index (κ3) is 3.00. The Kier molecular flexibility index (Phi) is 4.79. The third-order valence-electron chi connectivity index (χ3n) is 9.73. The van der Waals surface area contributed by atoms with E-state index in [4.69, 9.17) is 5.11 Å². The van der Waals surface area contributed by atoms with Crippen LogP contribution in [0.4, 0.5) is 0 Å².